The summed E-state index contributed by atoms with van der Waals surface area (Å²) < 4.78 is 38.2. The number of rotatable bonds is 7. The Balaban J connectivity index is 1.68. The van der Waals surface area contributed by atoms with Gasteiger partial charge in [-0.05, 0) is 66.8 Å². The lowest BCUT2D eigenvalue weighted by atomic mass is 10.2. The predicted octanol–water partition coefficient (Wildman–Crippen LogP) is 5.62. The Bertz CT molecular complexity index is 1220. The zero-order valence-corrected chi connectivity index (χ0v) is 20.1. The third-order valence-corrected chi connectivity index (χ3v) is 6.23. The summed E-state index contributed by atoms with van der Waals surface area (Å²) >= 11 is 17.2. The molecule has 0 bridgehead atoms. The molecule has 0 radical (unpaired) electrons. The molecule has 0 aliphatic rings. The quantitative estimate of drug-likeness (QED) is 0.354. The minimum Gasteiger partial charge on any atom is -0.497 e. The Morgan fingerprint density at radius 2 is 1.50 bits per heavy atom. The molecule has 0 aliphatic carbocycles. The van der Waals surface area contributed by atoms with Crippen LogP contribution in [0.15, 0.2) is 65.6 Å². The average Bonchev–Trinajstić information content (AvgIpc) is 2.73. The van der Waals surface area contributed by atoms with Crippen LogP contribution in [0.1, 0.15) is 0 Å². The van der Waals surface area contributed by atoms with Gasteiger partial charge in [0.15, 0.2) is 5.11 Å². The minimum atomic E-state index is -3.83. The Morgan fingerprint density at radius 1 is 0.844 bits per heavy atom. The van der Waals surface area contributed by atoms with Crippen LogP contribution in [-0.2, 0) is 10.0 Å². The molecule has 3 rings (SSSR count). The number of anilines is 3. The molecular formula is C21H19Cl2N3O4S2. The van der Waals surface area contributed by atoms with Gasteiger partial charge in [-0.15, -0.1) is 0 Å². The predicted molar refractivity (Wildman–Crippen MR) is 133 cm³/mol. The Labute approximate surface area is 201 Å². The van der Waals surface area contributed by atoms with Crippen molar-refractivity contribution in [2.24, 2.45) is 0 Å². The van der Waals surface area contributed by atoms with Gasteiger partial charge in [0, 0.05) is 21.8 Å². The summed E-state index contributed by atoms with van der Waals surface area (Å²) in [5.41, 5.74) is 1.51. The molecule has 7 nitrogen and oxygen atoms in total. The fraction of sp³-hybridized carbons (Fsp3) is 0.0952. The van der Waals surface area contributed by atoms with Crippen molar-refractivity contribution in [3.63, 3.8) is 0 Å². The summed E-state index contributed by atoms with van der Waals surface area (Å²) in [6.07, 6.45) is 0. The van der Waals surface area contributed by atoms with E-state index in [-0.39, 0.29) is 10.6 Å². The van der Waals surface area contributed by atoms with Crippen LogP contribution in [0, 0.1) is 0 Å². The SMILES string of the molecule is COc1ccc(NC(=S)Nc2ccc(S(=O)(=O)Nc3cc(Cl)cc(Cl)c3)cc2)c(OC)c1. The molecule has 0 aliphatic heterocycles. The summed E-state index contributed by atoms with van der Waals surface area (Å²) in [7, 11) is -0.719. The normalized spacial score (nSPS) is 10.9. The lowest BCUT2D eigenvalue weighted by molar-refractivity contribution is 0.395. The van der Waals surface area contributed by atoms with E-state index in [0.717, 1.165) is 0 Å². The van der Waals surface area contributed by atoms with Gasteiger partial charge in [-0.25, -0.2) is 8.42 Å². The fourth-order valence-electron chi connectivity index (χ4n) is 2.73. The number of benzene rings is 3. The van der Waals surface area contributed by atoms with Gasteiger partial charge in [0.1, 0.15) is 11.5 Å². The highest BCUT2D eigenvalue weighted by Gasteiger charge is 2.15. The Hall–Kier alpha value is -2.72. The molecule has 0 fully saturated rings. The summed E-state index contributed by atoms with van der Waals surface area (Å²) in [6, 6.07) is 15.8. The highest BCUT2D eigenvalue weighted by molar-refractivity contribution is 7.92. The molecule has 0 atom stereocenters. The van der Waals surface area contributed by atoms with E-state index in [2.05, 4.69) is 15.4 Å². The molecule has 3 N–H and O–H groups in total. The van der Waals surface area contributed by atoms with E-state index in [0.29, 0.717) is 38.0 Å². The fourth-order valence-corrected chi connectivity index (χ4v) is 4.52. The number of nitrogens with one attached hydrogen (secondary N) is 3. The molecule has 3 aromatic carbocycles. The van der Waals surface area contributed by atoms with Crippen molar-refractivity contribution < 1.29 is 17.9 Å². The second kappa shape index (κ2) is 10.3. The zero-order valence-electron chi connectivity index (χ0n) is 17.0. The smallest absolute Gasteiger partial charge is 0.261 e. The minimum absolute atomic E-state index is 0.0647. The molecule has 11 heteroatoms. The second-order valence-corrected chi connectivity index (χ2v) is 9.40. The number of hydrogen-bond acceptors (Lipinski definition) is 5. The highest BCUT2D eigenvalue weighted by Crippen LogP contribution is 2.29. The molecular weight excluding hydrogens is 493 g/mol. The number of sulfonamides is 1. The number of ether oxygens (including phenoxy) is 2. The number of halogens is 2. The maximum Gasteiger partial charge on any atom is 0.261 e. The second-order valence-electron chi connectivity index (χ2n) is 6.43. The van der Waals surface area contributed by atoms with Crippen molar-refractivity contribution in [3.05, 3.63) is 70.7 Å². The molecule has 168 valence electrons. The van der Waals surface area contributed by atoms with Crippen molar-refractivity contribution in [2.45, 2.75) is 4.90 Å². The first kappa shape index (κ1) is 23.9. The molecule has 0 aromatic heterocycles. The topological polar surface area (TPSA) is 88.7 Å². The van der Waals surface area contributed by atoms with Crippen molar-refractivity contribution in [1.29, 1.82) is 0 Å². The van der Waals surface area contributed by atoms with Crippen molar-refractivity contribution in [1.82, 2.24) is 0 Å². The van der Waals surface area contributed by atoms with E-state index in [9.17, 15) is 8.42 Å². The highest BCUT2D eigenvalue weighted by atomic mass is 35.5. The molecule has 0 unspecified atom stereocenters. The molecule has 0 heterocycles. The van der Waals surface area contributed by atoms with Crippen molar-refractivity contribution in [2.75, 3.05) is 29.6 Å². The van der Waals surface area contributed by atoms with E-state index in [1.54, 1.807) is 44.6 Å². The molecule has 0 spiro atoms. The lowest BCUT2D eigenvalue weighted by Gasteiger charge is -2.15. The monoisotopic (exact) mass is 511 g/mol. The van der Waals surface area contributed by atoms with E-state index in [1.165, 1.54) is 30.3 Å². The standard InChI is InChI=1S/C21H19Cl2N3O4S2/c1-29-17-5-8-19(20(12-17)30-2)25-21(31)24-15-3-6-18(7-4-15)32(27,28)26-16-10-13(22)9-14(23)11-16/h3-12,26H,1-2H3,(H2,24,25,31). The molecule has 3 aromatic rings. The van der Waals surface area contributed by atoms with Crippen LogP contribution in [0.2, 0.25) is 10.0 Å². The summed E-state index contributed by atoms with van der Waals surface area (Å²) in [5.74, 6) is 1.21. The average molecular weight is 512 g/mol. The van der Waals surface area contributed by atoms with Gasteiger partial charge in [0.2, 0.25) is 0 Å². The molecule has 0 amide bonds. The molecule has 32 heavy (non-hydrogen) atoms. The van der Waals surface area contributed by atoms with E-state index < -0.39 is 10.0 Å². The molecule has 0 saturated carbocycles. The maximum absolute atomic E-state index is 12.6. The summed E-state index contributed by atoms with van der Waals surface area (Å²) in [6.45, 7) is 0. The number of hydrogen-bond donors (Lipinski definition) is 3. The van der Waals surface area contributed by atoms with Gasteiger partial charge < -0.3 is 20.1 Å². The van der Waals surface area contributed by atoms with Gasteiger partial charge in [-0.2, -0.15) is 0 Å². The van der Waals surface area contributed by atoms with Crippen LogP contribution >= 0.6 is 35.4 Å². The molecule has 0 saturated heterocycles. The van der Waals surface area contributed by atoms with Gasteiger partial charge in [0.25, 0.3) is 10.0 Å². The third kappa shape index (κ3) is 6.17. The number of thiocarbonyl (C=S) groups is 1. The van der Waals surface area contributed by atoms with Crippen LogP contribution < -0.4 is 24.8 Å². The van der Waals surface area contributed by atoms with Crippen LogP contribution in [0.5, 0.6) is 11.5 Å². The van der Waals surface area contributed by atoms with E-state index in [1.807, 2.05) is 0 Å². The van der Waals surface area contributed by atoms with Crippen LogP contribution in [0.3, 0.4) is 0 Å². The van der Waals surface area contributed by atoms with E-state index >= 15 is 0 Å². The Morgan fingerprint density at radius 3 is 2.09 bits per heavy atom. The van der Waals surface area contributed by atoms with Gasteiger partial charge in [-0.1, -0.05) is 23.2 Å². The van der Waals surface area contributed by atoms with Crippen LogP contribution in [0.25, 0.3) is 0 Å². The maximum atomic E-state index is 12.6. The zero-order chi connectivity index (χ0) is 23.3. The van der Waals surface area contributed by atoms with Gasteiger partial charge in [0.05, 0.1) is 30.5 Å². The van der Waals surface area contributed by atoms with E-state index in [4.69, 9.17) is 44.9 Å². The summed E-state index contributed by atoms with van der Waals surface area (Å²) in [5, 5.41) is 6.98. The first-order valence-corrected chi connectivity index (χ1v) is 11.7. The largest absolute Gasteiger partial charge is 0.497 e. The summed E-state index contributed by atoms with van der Waals surface area (Å²) in [4.78, 5) is 0.0647. The first-order chi connectivity index (χ1) is 15.2. The number of methoxy groups -OCH3 is 2. The third-order valence-electron chi connectivity index (χ3n) is 4.19. The van der Waals surface area contributed by atoms with Gasteiger partial charge >= 0.3 is 0 Å². The van der Waals surface area contributed by atoms with Crippen molar-refractivity contribution in [3.8, 4) is 11.5 Å². The van der Waals surface area contributed by atoms with Crippen molar-refractivity contribution >= 4 is 67.6 Å². The van der Waals surface area contributed by atoms with Crippen LogP contribution in [0.4, 0.5) is 17.1 Å². The van der Waals surface area contributed by atoms with Crippen LogP contribution in [-0.4, -0.2) is 27.7 Å². The first-order valence-electron chi connectivity index (χ1n) is 9.09. The lowest BCUT2D eigenvalue weighted by Crippen LogP contribution is -2.19. The van der Waals surface area contributed by atoms with Gasteiger partial charge in [-0.3, -0.25) is 4.72 Å². The Kier molecular flexibility index (Phi) is 7.68.